The van der Waals surface area contributed by atoms with Crippen LogP contribution in [0.5, 0.6) is 11.5 Å². The lowest BCUT2D eigenvalue weighted by Crippen LogP contribution is -2.13. The van der Waals surface area contributed by atoms with Gasteiger partial charge in [0.05, 0.1) is 20.8 Å². The number of ether oxygens (including phenoxy) is 1. The fraction of sp³-hybridized carbons (Fsp3) is 0.321. The first kappa shape index (κ1) is 22.7. The summed E-state index contributed by atoms with van der Waals surface area (Å²) in [7, 11) is 0. The van der Waals surface area contributed by atoms with E-state index in [9.17, 15) is 4.79 Å². The average molecular weight is 472 g/mol. The Bertz CT molecular complexity index is 1260. The van der Waals surface area contributed by atoms with Gasteiger partial charge in [0.2, 0.25) is 0 Å². The van der Waals surface area contributed by atoms with Crippen LogP contribution < -0.4 is 10.1 Å². The molecule has 0 aliphatic heterocycles. The molecule has 174 valence electrons. The quantitative estimate of drug-likeness (QED) is 0.251. The summed E-state index contributed by atoms with van der Waals surface area (Å²) in [5, 5.41) is 3.40. The van der Waals surface area contributed by atoms with E-state index in [1.807, 2.05) is 36.5 Å². The third-order valence-corrected chi connectivity index (χ3v) is 7.14. The molecule has 6 heteroatoms. The van der Waals surface area contributed by atoms with Crippen LogP contribution in [-0.2, 0) is 17.8 Å². The summed E-state index contributed by atoms with van der Waals surface area (Å²) in [5.74, 6) is 2.50. The Morgan fingerprint density at radius 2 is 1.91 bits per heavy atom. The van der Waals surface area contributed by atoms with Crippen LogP contribution in [0.1, 0.15) is 43.7 Å². The molecule has 0 atom stereocenters. The van der Waals surface area contributed by atoms with E-state index in [4.69, 9.17) is 4.74 Å². The zero-order chi connectivity index (χ0) is 23.3. The fourth-order valence-corrected chi connectivity index (χ4v) is 4.99. The summed E-state index contributed by atoms with van der Waals surface area (Å²) in [6.07, 6.45) is 8.48. The predicted molar refractivity (Wildman–Crippen MR) is 137 cm³/mol. The van der Waals surface area contributed by atoms with Crippen molar-refractivity contribution in [2.75, 3.05) is 6.54 Å². The lowest BCUT2D eigenvalue weighted by atomic mass is 10.1. The van der Waals surface area contributed by atoms with E-state index in [0.29, 0.717) is 18.1 Å². The van der Waals surface area contributed by atoms with Crippen molar-refractivity contribution in [1.82, 2.24) is 15.3 Å². The molecule has 1 N–H and O–H groups in total. The van der Waals surface area contributed by atoms with Crippen LogP contribution in [-0.4, -0.2) is 22.3 Å². The number of ketones is 1. The van der Waals surface area contributed by atoms with Crippen molar-refractivity contribution in [3.8, 4) is 22.1 Å². The Morgan fingerprint density at radius 1 is 1.09 bits per heavy atom. The maximum absolute atomic E-state index is 12.1. The lowest BCUT2D eigenvalue weighted by molar-refractivity contribution is -0.118. The third-order valence-electron chi connectivity index (χ3n) is 5.97. The average Bonchev–Trinajstić information content (AvgIpc) is 3.55. The number of carbonyl (C=O) groups is 1. The second-order valence-corrected chi connectivity index (χ2v) is 10.0. The molecule has 5 nitrogen and oxygen atoms in total. The SMILES string of the molecule is CCCNCc1ccc(-c2cc3nccc(Oc4ccc(CC(=O)CC5CC5)cc4)c3s2)nc1. The van der Waals surface area contributed by atoms with E-state index in [2.05, 4.69) is 40.4 Å². The summed E-state index contributed by atoms with van der Waals surface area (Å²) >= 11 is 1.64. The van der Waals surface area contributed by atoms with Gasteiger partial charge in [-0.1, -0.05) is 25.1 Å². The third kappa shape index (κ3) is 5.69. The number of nitrogens with one attached hydrogen (secondary N) is 1. The van der Waals surface area contributed by atoms with Crippen LogP contribution in [0.3, 0.4) is 0 Å². The highest BCUT2D eigenvalue weighted by Crippen LogP contribution is 2.38. The lowest BCUT2D eigenvalue weighted by Gasteiger charge is -2.07. The van der Waals surface area contributed by atoms with Gasteiger partial charge in [0.25, 0.3) is 0 Å². The number of hydrogen-bond acceptors (Lipinski definition) is 6. The molecule has 0 bridgehead atoms. The molecule has 3 heterocycles. The molecular formula is C28H29N3O2S. The highest BCUT2D eigenvalue weighted by atomic mass is 32.1. The molecule has 0 spiro atoms. The van der Waals surface area contributed by atoms with Crippen molar-refractivity contribution >= 4 is 27.3 Å². The summed E-state index contributed by atoms with van der Waals surface area (Å²) in [6, 6.07) is 16.0. The van der Waals surface area contributed by atoms with Crippen molar-refractivity contribution in [3.05, 3.63) is 72.1 Å². The summed E-state index contributed by atoms with van der Waals surface area (Å²) < 4.78 is 7.20. The smallest absolute Gasteiger partial charge is 0.148 e. The zero-order valence-corrected chi connectivity index (χ0v) is 20.2. The largest absolute Gasteiger partial charge is 0.456 e. The molecule has 0 unspecified atom stereocenters. The molecule has 34 heavy (non-hydrogen) atoms. The van der Waals surface area contributed by atoms with E-state index >= 15 is 0 Å². The molecule has 1 aliphatic carbocycles. The molecule has 1 saturated carbocycles. The number of pyridine rings is 2. The Morgan fingerprint density at radius 3 is 2.65 bits per heavy atom. The van der Waals surface area contributed by atoms with Gasteiger partial charge in [0.1, 0.15) is 17.3 Å². The Labute approximate surface area is 204 Å². The number of hydrogen-bond donors (Lipinski definition) is 1. The van der Waals surface area contributed by atoms with Gasteiger partial charge in [0.15, 0.2) is 0 Å². The van der Waals surface area contributed by atoms with Gasteiger partial charge in [-0.15, -0.1) is 11.3 Å². The number of rotatable bonds is 11. The summed E-state index contributed by atoms with van der Waals surface area (Å²) in [4.78, 5) is 22.4. The number of benzene rings is 1. The maximum Gasteiger partial charge on any atom is 0.148 e. The minimum atomic E-state index is 0.331. The van der Waals surface area contributed by atoms with Crippen LogP contribution >= 0.6 is 11.3 Å². The first-order chi connectivity index (χ1) is 16.7. The van der Waals surface area contributed by atoms with Gasteiger partial charge in [-0.3, -0.25) is 14.8 Å². The second-order valence-electron chi connectivity index (χ2n) is 8.97. The van der Waals surface area contributed by atoms with Crippen LogP contribution in [0.25, 0.3) is 20.8 Å². The first-order valence-electron chi connectivity index (χ1n) is 12.0. The highest BCUT2D eigenvalue weighted by molar-refractivity contribution is 7.22. The molecule has 5 rings (SSSR count). The molecule has 3 aromatic heterocycles. The van der Waals surface area contributed by atoms with E-state index in [1.54, 1.807) is 17.5 Å². The number of thiophene rings is 1. The van der Waals surface area contributed by atoms with Crippen molar-refractivity contribution in [3.63, 3.8) is 0 Å². The topological polar surface area (TPSA) is 64.1 Å². The number of aromatic nitrogens is 2. The van der Waals surface area contributed by atoms with Crippen molar-refractivity contribution < 1.29 is 9.53 Å². The second kappa shape index (κ2) is 10.5. The highest BCUT2D eigenvalue weighted by Gasteiger charge is 2.24. The van der Waals surface area contributed by atoms with Crippen LogP contribution in [0, 0.1) is 5.92 Å². The van der Waals surface area contributed by atoms with Crippen molar-refractivity contribution in [1.29, 1.82) is 0 Å². The summed E-state index contributed by atoms with van der Waals surface area (Å²) in [5.41, 5.74) is 4.05. The molecule has 0 amide bonds. The predicted octanol–water partition coefficient (Wildman–Crippen LogP) is 6.56. The zero-order valence-electron chi connectivity index (χ0n) is 19.4. The van der Waals surface area contributed by atoms with Gasteiger partial charge in [-0.05, 0) is 67.1 Å². The fourth-order valence-electron chi connectivity index (χ4n) is 3.95. The van der Waals surface area contributed by atoms with Gasteiger partial charge in [0, 0.05) is 37.8 Å². The molecule has 1 fully saturated rings. The number of carbonyl (C=O) groups excluding carboxylic acids is 1. The Hall–Kier alpha value is -3.09. The normalized spacial score (nSPS) is 13.3. The van der Waals surface area contributed by atoms with E-state index < -0.39 is 0 Å². The molecule has 1 aromatic carbocycles. The molecule has 0 saturated heterocycles. The molecular weight excluding hydrogens is 442 g/mol. The molecule has 0 radical (unpaired) electrons. The van der Waals surface area contributed by atoms with Gasteiger partial charge < -0.3 is 10.1 Å². The van der Waals surface area contributed by atoms with Crippen LogP contribution in [0.4, 0.5) is 0 Å². The first-order valence-corrected chi connectivity index (χ1v) is 12.8. The maximum atomic E-state index is 12.1. The van der Waals surface area contributed by atoms with E-state index in [-0.39, 0.29) is 0 Å². The molecule has 4 aromatic rings. The summed E-state index contributed by atoms with van der Waals surface area (Å²) in [6.45, 7) is 4.00. The van der Waals surface area contributed by atoms with Gasteiger partial charge in [-0.2, -0.15) is 0 Å². The Balaban J connectivity index is 1.28. The van der Waals surface area contributed by atoms with Gasteiger partial charge >= 0.3 is 0 Å². The van der Waals surface area contributed by atoms with E-state index in [1.165, 1.54) is 18.4 Å². The minimum absolute atomic E-state index is 0.331. The Kier molecular flexibility index (Phi) is 6.97. The number of nitrogens with zero attached hydrogens (tertiary/aromatic N) is 2. The number of Topliss-reactive ketones (excluding diaryl/α,β-unsaturated/α-hetero) is 1. The van der Waals surface area contributed by atoms with Crippen LogP contribution in [0.15, 0.2) is 60.9 Å². The molecule has 1 aliphatic rings. The standard InChI is InChI=1S/C28H29N3O2S/c1-2-12-29-17-21-7-10-24(31-18-21)27-16-25-28(34-27)26(11-13-30-25)33-23-8-5-20(6-9-23)15-22(32)14-19-3-4-19/h5-11,13,16,18-19,29H,2-4,12,14-15,17H2,1H3. The van der Waals surface area contributed by atoms with Crippen LogP contribution in [0.2, 0.25) is 0 Å². The van der Waals surface area contributed by atoms with Crippen molar-refractivity contribution in [2.45, 2.75) is 45.6 Å². The minimum Gasteiger partial charge on any atom is -0.456 e. The van der Waals surface area contributed by atoms with Gasteiger partial charge in [-0.25, -0.2) is 0 Å². The van der Waals surface area contributed by atoms with E-state index in [0.717, 1.165) is 63.8 Å². The van der Waals surface area contributed by atoms with Crippen molar-refractivity contribution in [2.24, 2.45) is 5.92 Å². The number of fused-ring (bicyclic) bond motifs is 1. The monoisotopic (exact) mass is 471 g/mol.